The van der Waals surface area contributed by atoms with E-state index >= 15 is 0 Å². The molecule has 0 bridgehead atoms. The Bertz CT molecular complexity index is 886. The van der Waals surface area contributed by atoms with Crippen molar-refractivity contribution in [1.82, 2.24) is 4.90 Å². The van der Waals surface area contributed by atoms with E-state index in [9.17, 15) is 5.11 Å². The number of aromatic hydroxyl groups is 1. The summed E-state index contributed by atoms with van der Waals surface area (Å²) >= 11 is 3.61. The maximum atomic E-state index is 10.8. The van der Waals surface area contributed by atoms with Crippen LogP contribution in [0.15, 0.2) is 65.1 Å². The first-order valence-corrected chi connectivity index (χ1v) is 9.73. The molecule has 3 aromatic carbocycles. The predicted molar refractivity (Wildman–Crippen MR) is 107 cm³/mol. The minimum absolute atomic E-state index is 0.0731. The summed E-state index contributed by atoms with van der Waals surface area (Å²) in [4.78, 5) is 2.52. The minimum Gasteiger partial charge on any atom is -0.508 e. The Morgan fingerprint density at radius 2 is 1.68 bits per heavy atom. The summed E-state index contributed by atoms with van der Waals surface area (Å²) in [7, 11) is 0. The Kier molecular flexibility index (Phi) is 4.78. The number of phenolic OH excluding ortho intramolecular Hbond substituents is 1. The lowest BCUT2D eigenvalue weighted by Gasteiger charge is -2.36. The highest BCUT2D eigenvalue weighted by Gasteiger charge is 2.27. The van der Waals surface area contributed by atoms with Crippen molar-refractivity contribution in [2.24, 2.45) is 0 Å². The fourth-order valence-corrected chi connectivity index (χ4v) is 4.40. The quantitative estimate of drug-likeness (QED) is 0.597. The van der Waals surface area contributed by atoms with E-state index < -0.39 is 0 Å². The Hall–Kier alpha value is -1.84. The van der Waals surface area contributed by atoms with Gasteiger partial charge in [-0.2, -0.15) is 0 Å². The second-order valence-corrected chi connectivity index (χ2v) is 7.69. The fourth-order valence-electron chi connectivity index (χ4n) is 3.98. The SMILES string of the molecule is Oc1ccc2ccccc2c1C(c1cccc(Br)c1)N1CCCCC1. The van der Waals surface area contributed by atoms with Gasteiger partial charge in [0, 0.05) is 10.0 Å². The molecule has 1 unspecified atom stereocenters. The topological polar surface area (TPSA) is 23.5 Å². The molecule has 4 rings (SSSR count). The van der Waals surface area contributed by atoms with E-state index in [0.717, 1.165) is 28.5 Å². The molecule has 3 heteroatoms. The third-order valence-electron chi connectivity index (χ3n) is 5.14. The molecule has 0 saturated carbocycles. The number of halogens is 1. The summed E-state index contributed by atoms with van der Waals surface area (Å²) in [6.07, 6.45) is 3.73. The molecular formula is C22H22BrNO. The van der Waals surface area contributed by atoms with Crippen LogP contribution < -0.4 is 0 Å². The Labute approximate surface area is 157 Å². The van der Waals surface area contributed by atoms with E-state index in [1.165, 1.54) is 30.2 Å². The standard InChI is InChI=1S/C22H22BrNO/c23-18-9-6-8-17(15-18)22(24-13-4-1-5-14-24)21-19-10-3-2-7-16(19)11-12-20(21)25/h2-3,6-12,15,22,25H,1,4-5,13-14H2. The van der Waals surface area contributed by atoms with Crippen LogP contribution in [0.2, 0.25) is 0 Å². The summed E-state index contributed by atoms with van der Waals surface area (Å²) in [5, 5.41) is 13.1. The van der Waals surface area contributed by atoms with Crippen LogP contribution >= 0.6 is 15.9 Å². The zero-order chi connectivity index (χ0) is 17.2. The van der Waals surface area contributed by atoms with Crippen LogP contribution in [-0.2, 0) is 0 Å². The highest BCUT2D eigenvalue weighted by molar-refractivity contribution is 9.10. The van der Waals surface area contributed by atoms with E-state index in [2.05, 4.69) is 69.4 Å². The summed E-state index contributed by atoms with van der Waals surface area (Å²) in [6, 6.07) is 20.8. The molecule has 0 amide bonds. The van der Waals surface area contributed by atoms with Gasteiger partial charge in [0.2, 0.25) is 0 Å². The van der Waals surface area contributed by atoms with Gasteiger partial charge in [0.05, 0.1) is 6.04 Å². The number of fused-ring (bicyclic) bond motifs is 1. The second kappa shape index (κ2) is 7.19. The molecule has 2 nitrogen and oxygen atoms in total. The summed E-state index contributed by atoms with van der Waals surface area (Å²) < 4.78 is 1.08. The van der Waals surface area contributed by atoms with Crippen molar-refractivity contribution in [1.29, 1.82) is 0 Å². The van der Waals surface area contributed by atoms with Crippen molar-refractivity contribution < 1.29 is 5.11 Å². The van der Waals surface area contributed by atoms with Gasteiger partial charge in [0.1, 0.15) is 5.75 Å². The molecular weight excluding hydrogens is 374 g/mol. The van der Waals surface area contributed by atoms with Gasteiger partial charge >= 0.3 is 0 Å². The second-order valence-electron chi connectivity index (χ2n) is 6.77. The normalized spacial score (nSPS) is 16.8. The van der Waals surface area contributed by atoms with Crippen molar-refractivity contribution in [2.75, 3.05) is 13.1 Å². The molecule has 1 heterocycles. The number of likely N-dealkylation sites (tertiary alicyclic amines) is 1. The van der Waals surface area contributed by atoms with Crippen LogP contribution in [0.4, 0.5) is 0 Å². The lowest BCUT2D eigenvalue weighted by Crippen LogP contribution is -2.34. The van der Waals surface area contributed by atoms with Crippen LogP contribution in [0.25, 0.3) is 10.8 Å². The van der Waals surface area contributed by atoms with Crippen molar-refractivity contribution in [2.45, 2.75) is 25.3 Å². The Balaban J connectivity index is 1.93. The number of rotatable bonds is 3. The molecule has 128 valence electrons. The van der Waals surface area contributed by atoms with Crippen molar-refractivity contribution >= 4 is 26.7 Å². The monoisotopic (exact) mass is 395 g/mol. The zero-order valence-corrected chi connectivity index (χ0v) is 15.7. The van der Waals surface area contributed by atoms with Crippen LogP contribution in [-0.4, -0.2) is 23.1 Å². The lowest BCUT2D eigenvalue weighted by atomic mass is 9.90. The highest BCUT2D eigenvalue weighted by atomic mass is 79.9. The van der Waals surface area contributed by atoms with E-state index in [-0.39, 0.29) is 6.04 Å². The van der Waals surface area contributed by atoms with Crippen LogP contribution in [0, 0.1) is 0 Å². The summed E-state index contributed by atoms with van der Waals surface area (Å²) in [6.45, 7) is 2.14. The summed E-state index contributed by atoms with van der Waals surface area (Å²) in [5.41, 5.74) is 2.25. The minimum atomic E-state index is 0.0731. The largest absolute Gasteiger partial charge is 0.508 e. The van der Waals surface area contributed by atoms with Gasteiger partial charge in [-0.25, -0.2) is 0 Å². The number of hydrogen-bond donors (Lipinski definition) is 1. The van der Waals surface area contributed by atoms with Gasteiger partial charge in [0.15, 0.2) is 0 Å². The number of benzene rings is 3. The van der Waals surface area contributed by atoms with E-state index in [1.807, 2.05) is 12.1 Å². The molecule has 1 fully saturated rings. The smallest absolute Gasteiger partial charge is 0.121 e. The number of nitrogens with zero attached hydrogens (tertiary/aromatic N) is 1. The maximum Gasteiger partial charge on any atom is 0.121 e. The third-order valence-corrected chi connectivity index (χ3v) is 5.63. The van der Waals surface area contributed by atoms with E-state index in [1.54, 1.807) is 0 Å². The van der Waals surface area contributed by atoms with E-state index in [0.29, 0.717) is 5.75 Å². The van der Waals surface area contributed by atoms with Gasteiger partial charge in [-0.3, -0.25) is 4.90 Å². The van der Waals surface area contributed by atoms with Gasteiger partial charge in [-0.05, 0) is 60.5 Å². The number of piperidine rings is 1. The van der Waals surface area contributed by atoms with Crippen molar-refractivity contribution in [3.8, 4) is 5.75 Å². The molecule has 1 saturated heterocycles. The molecule has 1 atom stereocenters. The van der Waals surface area contributed by atoms with E-state index in [4.69, 9.17) is 0 Å². The van der Waals surface area contributed by atoms with Crippen molar-refractivity contribution in [3.05, 3.63) is 76.3 Å². The molecule has 3 aromatic rings. The molecule has 1 aliphatic rings. The molecule has 1 aliphatic heterocycles. The highest BCUT2D eigenvalue weighted by Crippen LogP contribution is 2.40. The van der Waals surface area contributed by atoms with Crippen LogP contribution in [0.3, 0.4) is 0 Å². The third kappa shape index (κ3) is 3.31. The van der Waals surface area contributed by atoms with Gasteiger partial charge in [-0.15, -0.1) is 0 Å². The first-order chi connectivity index (χ1) is 12.2. The van der Waals surface area contributed by atoms with Gasteiger partial charge < -0.3 is 5.11 Å². The van der Waals surface area contributed by atoms with Crippen LogP contribution in [0.1, 0.15) is 36.4 Å². The Morgan fingerprint density at radius 3 is 2.48 bits per heavy atom. The molecule has 25 heavy (non-hydrogen) atoms. The molecule has 0 radical (unpaired) electrons. The fraction of sp³-hybridized carbons (Fsp3) is 0.273. The first kappa shape index (κ1) is 16.6. The maximum absolute atomic E-state index is 10.8. The van der Waals surface area contributed by atoms with Crippen molar-refractivity contribution in [3.63, 3.8) is 0 Å². The number of hydrogen-bond acceptors (Lipinski definition) is 2. The molecule has 0 aromatic heterocycles. The zero-order valence-electron chi connectivity index (χ0n) is 14.2. The summed E-state index contributed by atoms with van der Waals surface area (Å²) in [5.74, 6) is 0.384. The van der Waals surface area contributed by atoms with Gasteiger partial charge in [0.25, 0.3) is 0 Å². The predicted octanol–water partition coefficient (Wildman–Crippen LogP) is 5.88. The first-order valence-electron chi connectivity index (χ1n) is 8.94. The average molecular weight is 396 g/mol. The number of phenols is 1. The van der Waals surface area contributed by atoms with Crippen LogP contribution in [0.5, 0.6) is 5.75 Å². The average Bonchev–Trinajstić information content (AvgIpc) is 2.65. The molecule has 0 spiro atoms. The molecule has 0 aliphatic carbocycles. The lowest BCUT2D eigenvalue weighted by molar-refractivity contribution is 0.186. The molecule has 1 N–H and O–H groups in total. The Morgan fingerprint density at radius 1 is 0.880 bits per heavy atom. The van der Waals surface area contributed by atoms with Gasteiger partial charge in [-0.1, -0.05) is 64.8 Å².